The van der Waals surface area contributed by atoms with Crippen LogP contribution in [0, 0.1) is 0 Å². The Labute approximate surface area is 170 Å². The molecular weight excluding hydrogens is 366 g/mol. The van der Waals surface area contributed by atoms with Crippen LogP contribution in [0.1, 0.15) is 58.3 Å². The molecule has 1 aromatic carbocycles. The smallest absolute Gasteiger partial charge is 0.254 e. The average Bonchev–Trinajstić information content (AvgIpc) is 3.40. The molecule has 3 aliphatic rings. The van der Waals surface area contributed by atoms with Gasteiger partial charge in [-0.15, -0.1) is 0 Å². The van der Waals surface area contributed by atoms with E-state index in [0.29, 0.717) is 32.6 Å². The van der Waals surface area contributed by atoms with Crippen LogP contribution in [0.15, 0.2) is 30.5 Å². The van der Waals surface area contributed by atoms with Crippen LogP contribution in [-0.2, 0) is 24.3 Å². The van der Waals surface area contributed by atoms with E-state index in [2.05, 4.69) is 10.3 Å². The van der Waals surface area contributed by atoms with Crippen molar-refractivity contribution >= 4 is 11.8 Å². The molecule has 2 aromatic rings. The zero-order chi connectivity index (χ0) is 19.8. The fourth-order valence-corrected chi connectivity index (χ4v) is 4.50. The van der Waals surface area contributed by atoms with Crippen LogP contribution in [0.3, 0.4) is 0 Å². The lowest BCUT2D eigenvalue weighted by Crippen LogP contribution is -2.38. The number of rotatable bonds is 4. The van der Waals surface area contributed by atoms with Crippen molar-refractivity contribution in [3.63, 3.8) is 0 Å². The molecule has 0 spiro atoms. The summed E-state index contributed by atoms with van der Waals surface area (Å²) < 4.78 is 0. The van der Waals surface area contributed by atoms with Gasteiger partial charge in [-0.1, -0.05) is 18.2 Å². The summed E-state index contributed by atoms with van der Waals surface area (Å²) in [5.74, 6) is 0.993. The fraction of sp³-hybridized carbons (Fsp3) is 0.455. The van der Waals surface area contributed by atoms with E-state index in [9.17, 15) is 9.59 Å². The molecule has 1 aromatic heterocycles. The van der Waals surface area contributed by atoms with E-state index in [0.717, 1.165) is 54.0 Å². The van der Waals surface area contributed by atoms with Crippen molar-refractivity contribution < 1.29 is 9.59 Å². The largest absolute Gasteiger partial charge is 0.338 e. The van der Waals surface area contributed by atoms with E-state index in [-0.39, 0.29) is 17.9 Å². The van der Waals surface area contributed by atoms with Crippen LogP contribution in [0.25, 0.3) is 0 Å². The van der Waals surface area contributed by atoms with Gasteiger partial charge in [0.05, 0.1) is 11.7 Å². The number of benzene rings is 1. The second-order valence-corrected chi connectivity index (χ2v) is 8.05. The molecule has 0 radical (unpaired) electrons. The molecule has 1 unspecified atom stereocenters. The van der Waals surface area contributed by atoms with Crippen LogP contribution < -0.4 is 5.32 Å². The Kier molecular flexibility index (Phi) is 4.75. The molecule has 3 aliphatic heterocycles. The van der Waals surface area contributed by atoms with Crippen LogP contribution in [0.4, 0.5) is 0 Å². The van der Waals surface area contributed by atoms with Crippen molar-refractivity contribution in [2.75, 3.05) is 19.6 Å². The van der Waals surface area contributed by atoms with Gasteiger partial charge in [0.2, 0.25) is 5.91 Å². The number of carbonyl (C=O) groups is 2. The summed E-state index contributed by atoms with van der Waals surface area (Å²) in [6, 6.07) is 7.93. The second kappa shape index (κ2) is 7.55. The molecule has 5 rings (SSSR count). The normalized spacial score (nSPS) is 20.7. The molecule has 150 valence electrons. The number of amides is 2. The van der Waals surface area contributed by atoms with E-state index >= 15 is 0 Å². The van der Waals surface area contributed by atoms with Crippen molar-refractivity contribution in [2.24, 2.45) is 0 Å². The Morgan fingerprint density at radius 3 is 2.93 bits per heavy atom. The van der Waals surface area contributed by atoms with Gasteiger partial charge in [0.25, 0.3) is 5.91 Å². The van der Waals surface area contributed by atoms with Gasteiger partial charge in [-0.25, -0.2) is 9.97 Å². The maximum Gasteiger partial charge on any atom is 0.254 e. The van der Waals surface area contributed by atoms with Crippen molar-refractivity contribution in [3.8, 4) is 0 Å². The Balaban J connectivity index is 1.19. The minimum atomic E-state index is 0.0267. The van der Waals surface area contributed by atoms with Gasteiger partial charge in [0, 0.05) is 56.3 Å². The maximum absolute atomic E-state index is 12.8. The van der Waals surface area contributed by atoms with Crippen LogP contribution >= 0.6 is 0 Å². The van der Waals surface area contributed by atoms with Gasteiger partial charge in [0.1, 0.15) is 5.82 Å². The van der Waals surface area contributed by atoms with Gasteiger partial charge in [-0.05, 0) is 31.0 Å². The van der Waals surface area contributed by atoms with Crippen LogP contribution in [0.5, 0.6) is 0 Å². The van der Waals surface area contributed by atoms with E-state index in [1.54, 1.807) is 4.90 Å². The second-order valence-electron chi connectivity index (χ2n) is 8.05. The summed E-state index contributed by atoms with van der Waals surface area (Å²) in [4.78, 5) is 38.2. The SMILES string of the molecule is O=C(CCN1Cc2ccccc2C1=O)N1CCc2nc(C3CCCN3)ncc2C1. The summed E-state index contributed by atoms with van der Waals surface area (Å²) in [7, 11) is 0. The van der Waals surface area contributed by atoms with E-state index in [1.165, 1.54) is 0 Å². The summed E-state index contributed by atoms with van der Waals surface area (Å²) >= 11 is 0. The Hall–Kier alpha value is -2.80. The molecule has 0 bridgehead atoms. The summed E-state index contributed by atoms with van der Waals surface area (Å²) in [5.41, 5.74) is 3.91. The number of carbonyl (C=O) groups excluding carboxylic acids is 2. The molecular formula is C22H25N5O2. The first-order chi connectivity index (χ1) is 14.2. The highest BCUT2D eigenvalue weighted by Crippen LogP contribution is 2.25. The highest BCUT2D eigenvalue weighted by molar-refractivity contribution is 5.98. The topological polar surface area (TPSA) is 78.4 Å². The quantitative estimate of drug-likeness (QED) is 0.860. The molecule has 0 saturated carbocycles. The highest BCUT2D eigenvalue weighted by Gasteiger charge is 2.29. The van der Waals surface area contributed by atoms with Gasteiger partial charge in [-0.2, -0.15) is 0 Å². The average molecular weight is 391 g/mol. The number of nitrogens with one attached hydrogen (secondary N) is 1. The molecule has 1 fully saturated rings. The van der Waals surface area contributed by atoms with Gasteiger partial charge in [0.15, 0.2) is 0 Å². The zero-order valence-corrected chi connectivity index (χ0v) is 16.4. The standard InChI is InChI=1S/C22H25N5O2/c28-20(8-11-27-13-15-4-1-2-5-17(15)22(27)29)26-10-7-18-16(14-26)12-24-21(25-18)19-6-3-9-23-19/h1-2,4-5,12,19,23H,3,6-11,13-14H2. The fourth-order valence-electron chi connectivity index (χ4n) is 4.50. The predicted molar refractivity (Wildman–Crippen MR) is 107 cm³/mol. The molecule has 1 N–H and O–H groups in total. The first-order valence-electron chi connectivity index (χ1n) is 10.4. The maximum atomic E-state index is 12.8. The molecule has 4 heterocycles. The van der Waals surface area contributed by atoms with Crippen molar-refractivity contribution in [1.29, 1.82) is 0 Å². The molecule has 2 amide bonds. The predicted octanol–water partition coefficient (Wildman–Crippen LogP) is 1.83. The minimum Gasteiger partial charge on any atom is -0.338 e. The first kappa shape index (κ1) is 18.2. The molecule has 7 nitrogen and oxygen atoms in total. The first-order valence-corrected chi connectivity index (χ1v) is 10.4. The Morgan fingerprint density at radius 1 is 1.21 bits per heavy atom. The third kappa shape index (κ3) is 3.51. The monoisotopic (exact) mass is 391 g/mol. The van der Waals surface area contributed by atoms with Crippen molar-refractivity contribution in [2.45, 2.75) is 44.8 Å². The summed E-state index contributed by atoms with van der Waals surface area (Å²) in [6.07, 6.45) is 5.25. The third-order valence-corrected chi connectivity index (χ3v) is 6.17. The van der Waals surface area contributed by atoms with Crippen LogP contribution in [0.2, 0.25) is 0 Å². The summed E-state index contributed by atoms with van der Waals surface area (Å²) in [6.45, 7) is 3.31. The van der Waals surface area contributed by atoms with Gasteiger partial charge in [-0.3, -0.25) is 9.59 Å². The number of hydrogen-bond acceptors (Lipinski definition) is 5. The zero-order valence-electron chi connectivity index (χ0n) is 16.4. The molecule has 29 heavy (non-hydrogen) atoms. The number of hydrogen-bond donors (Lipinski definition) is 1. The lowest BCUT2D eigenvalue weighted by molar-refractivity contribution is -0.132. The molecule has 1 saturated heterocycles. The third-order valence-electron chi connectivity index (χ3n) is 6.17. The van der Waals surface area contributed by atoms with Gasteiger partial charge >= 0.3 is 0 Å². The van der Waals surface area contributed by atoms with E-state index in [1.807, 2.05) is 35.4 Å². The van der Waals surface area contributed by atoms with Gasteiger partial charge < -0.3 is 15.1 Å². The Morgan fingerprint density at radius 2 is 2.10 bits per heavy atom. The van der Waals surface area contributed by atoms with E-state index < -0.39 is 0 Å². The van der Waals surface area contributed by atoms with E-state index in [4.69, 9.17) is 4.98 Å². The summed E-state index contributed by atoms with van der Waals surface area (Å²) in [5, 5.41) is 3.44. The number of aromatic nitrogens is 2. The Bertz CT molecular complexity index is 954. The van der Waals surface area contributed by atoms with Crippen molar-refractivity contribution in [1.82, 2.24) is 25.1 Å². The number of nitrogens with zero attached hydrogens (tertiary/aromatic N) is 4. The number of fused-ring (bicyclic) bond motifs is 2. The van der Waals surface area contributed by atoms with Crippen LogP contribution in [-0.4, -0.2) is 51.2 Å². The van der Waals surface area contributed by atoms with Crippen molar-refractivity contribution in [3.05, 3.63) is 58.7 Å². The lowest BCUT2D eigenvalue weighted by Gasteiger charge is -2.29. The highest BCUT2D eigenvalue weighted by atomic mass is 16.2. The minimum absolute atomic E-state index is 0.0267. The molecule has 7 heteroatoms. The molecule has 1 atom stereocenters. The molecule has 0 aliphatic carbocycles. The lowest BCUT2D eigenvalue weighted by atomic mass is 10.1.